The van der Waals surface area contributed by atoms with E-state index in [2.05, 4.69) is 45.3 Å². The van der Waals surface area contributed by atoms with Gasteiger partial charge < -0.3 is 14.8 Å². The minimum absolute atomic E-state index is 0.313. The zero-order chi connectivity index (χ0) is 25.6. The van der Waals surface area contributed by atoms with E-state index in [1.165, 1.54) is 0 Å². The molecule has 192 valence electrons. The number of rotatable bonds is 9. The van der Waals surface area contributed by atoms with Crippen LogP contribution in [0.1, 0.15) is 18.1 Å². The van der Waals surface area contributed by atoms with Gasteiger partial charge in [0, 0.05) is 58.6 Å². The lowest BCUT2D eigenvalue weighted by Crippen LogP contribution is -2.44. The molecule has 1 aliphatic rings. The van der Waals surface area contributed by atoms with Gasteiger partial charge in [0.1, 0.15) is 30.3 Å². The molecule has 7 nitrogen and oxygen atoms in total. The third-order valence-electron chi connectivity index (χ3n) is 6.75. The highest BCUT2D eigenvalue weighted by atomic mass is 32.2. The van der Waals surface area contributed by atoms with Crippen LogP contribution in [-0.2, 0) is 23.8 Å². The Hall–Kier alpha value is -3.49. The number of methoxy groups -OCH3 is 1. The van der Waals surface area contributed by atoms with Crippen molar-refractivity contribution in [3.63, 3.8) is 0 Å². The Kier molecular flexibility index (Phi) is 7.96. The monoisotopic (exact) mass is 516 g/mol. The van der Waals surface area contributed by atoms with Gasteiger partial charge >= 0.3 is 0 Å². The third kappa shape index (κ3) is 6.26. The van der Waals surface area contributed by atoms with Crippen molar-refractivity contribution in [3.8, 4) is 11.5 Å². The maximum Gasteiger partial charge on any atom is 0.141 e. The van der Waals surface area contributed by atoms with Crippen LogP contribution in [0.25, 0.3) is 10.9 Å². The van der Waals surface area contributed by atoms with Crippen LogP contribution in [0.5, 0.6) is 11.5 Å². The van der Waals surface area contributed by atoms with E-state index in [0.29, 0.717) is 12.6 Å². The predicted octanol–water partition coefficient (Wildman–Crippen LogP) is 4.96. The van der Waals surface area contributed by atoms with Crippen molar-refractivity contribution >= 4 is 33.2 Å². The molecular weight excluding hydrogens is 484 g/mol. The molecule has 0 aliphatic carbocycles. The molecule has 0 spiro atoms. The Morgan fingerprint density at radius 3 is 2.51 bits per heavy atom. The summed E-state index contributed by atoms with van der Waals surface area (Å²) in [5, 5.41) is 4.38. The Balaban J connectivity index is 1.32. The van der Waals surface area contributed by atoms with Crippen LogP contribution in [0.2, 0.25) is 0 Å². The van der Waals surface area contributed by atoms with Crippen molar-refractivity contribution in [2.24, 2.45) is 0 Å². The van der Waals surface area contributed by atoms with E-state index in [1.807, 2.05) is 48.5 Å². The minimum Gasteiger partial charge on any atom is -0.496 e. The van der Waals surface area contributed by atoms with E-state index in [1.54, 1.807) is 13.4 Å². The third-order valence-corrected chi connectivity index (χ3v) is 8.03. The summed E-state index contributed by atoms with van der Waals surface area (Å²) in [4.78, 5) is 11.4. The number of nitrogens with one attached hydrogen (secondary N) is 1. The number of hydrogen-bond acceptors (Lipinski definition) is 7. The molecule has 0 amide bonds. The molecule has 1 atom stereocenters. The van der Waals surface area contributed by atoms with Crippen LogP contribution < -0.4 is 14.8 Å². The molecule has 37 heavy (non-hydrogen) atoms. The first-order valence-corrected chi connectivity index (χ1v) is 14.0. The fourth-order valence-electron chi connectivity index (χ4n) is 4.63. The number of aromatic nitrogens is 2. The molecular formula is C29H32N4O3S. The zero-order valence-electron chi connectivity index (χ0n) is 21.2. The molecule has 2 heterocycles. The van der Waals surface area contributed by atoms with E-state index >= 15 is 0 Å². The topological polar surface area (TPSA) is 76.6 Å². The molecule has 4 aromatic rings. The van der Waals surface area contributed by atoms with E-state index in [0.717, 1.165) is 76.1 Å². The largest absolute Gasteiger partial charge is 0.496 e. The summed E-state index contributed by atoms with van der Waals surface area (Å²) >= 11 is 0. The van der Waals surface area contributed by atoms with E-state index < -0.39 is 10.8 Å². The van der Waals surface area contributed by atoms with Gasteiger partial charge in [0.15, 0.2) is 0 Å². The number of fused-ring (bicyclic) bond motifs is 1. The van der Waals surface area contributed by atoms with Crippen molar-refractivity contribution in [1.29, 1.82) is 0 Å². The average Bonchev–Trinajstić information content (AvgIpc) is 2.93. The number of hydrogen-bond donors (Lipinski definition) is 1. The SMILES string of the molecule is COc1cc2ncnc(Nc3ccc(OCc4ccccc4)cc3)c2cc1CC(C)N1CCS(=O)CC1. The second-order valence-corrected chi connectivity index (χ2v) is 11.0. The van der Waals surface area contributed by atoms with Gasteiger partial charge in [-0.1, -0.05) is 30.3 Å². The van der Waals surface area contributed by atoms with Gasteiger partial charge in [-0.2, -0.15) is 0 Å². The first-order chi connectivity index (χ1) is 18.1. The second-order valence-electron chi connectivity index (χ2n) is 9.26. The molecule has 3 aromatic carbocycles. The summed E-state index contributed by atoms with van der Waals surface area (Å²) in [6.45, 7) is 4.48. The van der Waals surface area contributed by atoms with Crippen LogP contribution in [0.4, 0.5) is 11.5 Å². The van der Waals surface area contributed by atoms with Gasteiger partial charge in [-0.15, -0.1) is 0 Å². The lowest BCUT2D eigenvalue weighted by atomic mass is 10.0. The van der Waals surface area contributed by atoms with Gasteiger partial charge in [-0.05, 0) is 54.8 Å². The maximum absolute atomic E-state index is 11.8. The average molecular weight is 517 g/mol. The number of nitrogens with zero attached hydrogens (tertiary/aromatic N) is 3. The summed E-state index contributed by atoms with van der Waals surface area (Å²) in [6, 6.07) is 22.4. The fraction of sp³-hybridized carbons (Fsp3) is 0.310. The van der Waals surface area contributed by atoms with E-state index in [9.17, 15) is 4.21 Å². The van der Waals surface area contributed by atoms with Crippen molar-refractivity contribution in [3.05, 3.63) is 84.2 Å². The molecule has 1 saturated heterocycles. The van der Waals surface area contributed by atoms with E-state index in [4.69, 9.17) is 9.47 Å². The summed E-state index contributed by atoms with van der Waals surface area (Å²) in [5.41, 5.74) is 3.98. The van der Waals surface area contributed by atoms with Crippen molar-refractivity contribution in [1.82, 2.24) is 14.9 Å². The number of benzene rings is 3. The van der Waals surface area contributed by atoms with Crippen LogP contribution in [-0.4, -0.2) is 56.8 Å². The highest BCUT2D eigenvalue weighted by Crippen LogP contribution is 2.31. The molecule has 1 aromatic heterocycles. The number of ether oxygens (including phenoxy) is 2. The zero-order valence-corrected chi connectivity index (χ0v) is 22.0. The summed E-state index contributed by atoms with van der Waals surface area (Å²) in [5.74, 6) is 3.87. The molecule has 1 unspecified atom stereocenters. The molecule has 1 N–H and O–H groups in total. The lowest BCUT2D eigenvalue weighted by Gasteiger charge is -2.32. The highest BCUT2D eigenvalue weighted by molar-refractivity contribution is 7.85. The molecule has 1 fully saturated rings. The van der Waals surface area contributed by atoms with Crippen molar-refractivity contribution < 1.29 is 13.7 Å². The summed E-state index contributed by atoms with van der Waals surface area (Å²) in [6.07, 6.45) is 2.39. The second kappa shape index (κ2) is 11.7. The molecule has 1 aliphatic heterocycles. The Bertz CT molecular complexity index is 1360. The molecule has 5 rings (SSSR count). The smallest absolute Gasteiger partial charge is 0.141 e. The summed E-state index contributed by atoms with van der Waals surface area (Å²) < 4.78 is 23.4. The minimum atomic E-state index is -0.682. The van der Waals surface area contributed by atoms with Crippen LogP contribution in [0.3, 0.4) is 0 Å². The summed E-state index contributed by atoms with van der Waals surface area (Å²) in [7, 11) is 1.01. The van der Waals surface area contributed by atoms with Gasteiger partial charge in [0.05, 0.1) is 12.6 Å². The van der Waals surface area contributed by atoms with Gasteiger partial charge in [0.2, 0.25) is 0 Å². The van der Waals surface area contributed by atoms with Crippen molar-refractivity contribution in [2.75, 3.05) is 37.0 Å². The molecule has 0 bridgehead atoms. The van der Waals surface area contributed by atoms with Crippen molar-refractivity contribution in [2.45, 2.75) is 26.0 Å². The fourth-order valence-corrected chi connectivity index (χ4v) is 5.71. The predicted molar refractivity (Wildman–Crippen MR) is 149 cm³/mol. The maximum atomic E-state index is 11.8. The normalized spacial score (nSPS) is 15.4. The van der Waals surface area contributed by atoms with E-state index in [-0.39, 0.29) is 0 Å². The van der Waals surface area contributed by atoms with Crippen LogP contribution in [0.15, 0.2) is 73.1 Å². The van der Waals surface area contributed by atoms with Crippen LogP contribution in [0, 0.1) is 0 Å². The highest BCUT2D eigenvalue weighted by Gasteiger charge is 2.22. The Labute approximate surface area is 220 Å². The Morgan fingerprint density at radius 1 is 1.03 bits per heavy atom. The number of anilines is 2. The first kappa shape index (κ1) is 25.2. The van der Waals surface area contributed by atoms with Gasteiger partial charge in [-0.3, -0.25) is 9.11 Å². The molecule has 0 saturated carbocycles. The Morgan fingerprint density at radius 2 is 1.78 bits per heavy atom. The van der Waals surface area contributed by atoms with Crippen LogP contribution >= 0.6 is 0 Å². The molecule has 8 heteroatoms. The molecule has 0 radical (unpaired) electrons. The van der Waals surface area contributed by atoms with Gasteiger partial charge in [0.25, 0.3) is 0 Å². The quantitative estimate of drug-likeness (QED) is 0.337. The lowest BCUT2D eigenvalue weighted by molar-refractivity contribution is 0.226. The first-order valence-electron chi connectivity index (χ1n) is 12.5. The van der Waals surface area contributed by atoms with Gasteiger partial charge in [-0.25, -0.2) is 9.97 Å². The standard InChI is InChI=1S/C29H32N4O3S/c1-21(33-12-14-37(34)15-13-33)16-23-17-26-27(18-28(23)35-2)30-20-31-29(26)32-24-8-10-25(11-9-24)36-19-22-6-4-3-5-7-22/h3-11,17-18,20-21H,12-16,19H2,1-2H3,(H,30,31,32).